The first-order valence-electron chi connectivity index (χ1n) is 8.98. The molecule has 2 heterocycles. The van der Waals surface area contributed by atoms with E-state index in [9.17, 15) is 5.11 Å². The van der Waals surface area contributed by atoms with Gasteiger partial charge in [0, 0.05) is 10.0 Å². The molecule has 0 saturated heterocycles. The van der Waals surface area contributed by atoms with Crippen LogP contribution in [0.4, 0.5) is 5.82 Å². The second-order valence-electron chi connectivity index (χ2n) is 6.11. The fraction of sp³-hybridized carbons (Fsp3) is 0.143. The summed E-state index contributed by atoms with van der Waals surface area (Å²) in [6.45, 7) is 2.90. The normalized spacial score (nSPS) is 11.4. The summed E-state index contributed by atoms with van der Waals surface area (Å²) in [5.41, 5.74) is 2.31. The minimum atomic E-state index is 0.1000. The molecule has 0 amide bonds. The molecule has 1 N–H and O–H groups in total. The van der Waals surface area contributed by atoms with Gasteiger partial charge in [0.1, 0.15) is 22.3 Å². The highest BCUT2D eigenvalue weighted by atomic mass is 79.9. The second-order valence-corrected chi connectivity index (χ2v) is 8.05. The van der Waals surface area contributed by atoms with E-state index in [0.29, 0.717) is 39.8 Å². The van der Waals surface area contributed by atoms with Crippen molar-refractivity contribution in [1.82, 2.24) is 9.97 Å². The Bertz CT molecular complexity index is 1190. The van der Waals surface area contributed by atoms with E-state index in [0.717, 1.165) is 15.6 Å². The highest BCUT2D eigenvalue weighted by molar-refractivity contribution is 9.10. The fourth-order valence-corrected chi connectivity index (χ4v) is 4.45. The third kappa shape index (κ3) is 4.13. The molecule has 4 rings (SSSR count). The molecule has 29 heavy (non-hydrogen) atoms. The summed E-state index contributed by atoms with van der Waals surface area (Å²) in [7, 11) is 0. The Morgan fingerprint density at radius 2 is 2.00 bits per heavy atom. The van der Waals surface area contributed by atoms with Crippen molar-refractivity contribution in [2.75, 3.05) is 6.61 Å². The molecule has 0 bridgehead atoms. The molecule has 2 aromatic heterocycles. The maximum absolute atomic E-state index is 10.8. The minimum absolute atomic E-state index is 0.1000. The predicted octanol–water partition coefficient (Wildman–Crippen LogP) is 6.51. The lowest BCUT2D eigenvalue weighted by Gasteiger charge is -2.08. The smallest absolute Gasteiger partial charge is 0.195 e. The van der Waals surface area contributed by atoms with E-state index in [1.165, 1.54) is 17.7 Å². The summed E-state index contributed by atoms with van der Waals surface area (Å²) in [5.74, 6) is 1.25. The van der Waals surface area contributed by atoms with Crippen molar-refractivity contribution >= 4 is 43.3 Å². The number of nitrogens with zero attached hydrogens (tertiary/aromatic N) is 4. The highest BCUT2D eigenvalue weighted by Crippen LogP contribution is 2.47. The second kappa shape index (κ2) is 8.67. The van der Waals surface area contributed by atoms with Crippen molar-refractivity contribution in [3.05, 3.63) is 64.9 Å². The summed E-state index contributed by atoms with van der Waals surface area (Å²) < 4.78 is 7.39. The van der Waals surface area contributed by atoms with Gasteiger partial charge in [-0.1, -0.05) is 40.2 Å². The Hall–Kier alpha value is -2.84. The van der Waals surface area contributed by atoms with Crippen molar-refractivity contribution in [3.8, 4) is 21.9 Å². The van der Waals surface area contributed by atoms with Crippen LogP contribution < -0.4 is 4.74 Å². The van der Waals surface area contributed by atoms with Crippen molar-refractivity contribution < 1.29 is 9.84 Å². The molecular weight excluding hydrogens is 452 g/mol. The van der Waals surface area contributed by atoms with Gasteiger partial charge in [0.2, 0.25) is 0 Å². The molecule has 0 unspecified atom stereocenters. The molecule has 0 fully saturated rings. The van der Waals surface area contributed by atoms with E-state index in [1.807, 2.05) is 55.5 Å². The Morgan fingerprint density at radius 1 is 1.14 bits per heavy atom. The van der Waals surface area contributed by atoms with E-state index >= 15 is 0 Å². The summed E-state index contributed by atoms with van der Waals surface area (Å²) in [5, 5.41) is 19.3. The van der Waals surface area contributed by atoms with Gasteiger partial charge in [-0.3, -0.25) is 0 Å². The van der Waals surface area contributed by atoms with E-state index in [1.54, 1.807) is 0 Å². The zero-order valence-electron chi connectivity index (χ0n) is 15.5. The SMILES string of the molecule is CCOc1ccccc1-c1sc2c(N=NCc3cccc(Br)c3)ncnc2c1O. The number of thiophene rings is 1. The number of rotatable bonds is 6. The lowest BCUT2D eigenvalue weighted by Crippen LogP contribution is -1.92. The Labute approximate surface area is 180 Å². The van der Waals surface area contributed by atoms with Crippen LogP contribution in [0.15, 0.2) is 69.6 Å². The largest absolute Gasteiger partial charge is 0.504 e. The van der Waals surface area contributed by atoms with Gasteiger partial charge < -0.3 is 9.84 Å². The lowest BCUT2D eigenvalue weighted by molar-refractivity contribution is 0.341. The van der Waals surface area contributed by atoms with Crippen LogP contribution in [0.5, 0.6) is 11.5 Å². The first-order chi connectivity index (χ1) is 14.2. The topological polar surface area (TPSA) is 80.0 Å². The molecule has 0 saturated carbocycles. The van der Waals surface area contributed by atoms with Crippen molar-refractivity contribution in [2.45, 2.75) is 13.5 Å². The first kappa shape index (κ1) is 19.5. The number of aromatic nitrogens is 2. The number of azo groups is 1. The first-order valence-corrected chi connectivity index (χ1v) is 10.6. The van der Waals surface area contributed by atoms with Gasteiger partial charge in [-0.05, 0) is 36.8 Å². The monoisotopic (exact) mass is 468 g/mol. The average Bonchev–Trinajstić information content (AvgIpc) is 3.06. The van der Waals surface area contributed by atoms with E-state index in [-0.39, 0.29) is 5.75 Å². The van der Waals surface area contributed by atoms with E-state index in [2.05, 4.69) is 36.1 Å². The van der Waals surface area contributed by atoms with Crippen LogP contribution in [-0.4, -0.2) is 21.7 Å². The van der Waals surface area contributed by atoms with Crippen molar-refractivity contribution in [3.63, 3.8) is 0 Å². The number of halogens is 1. The lowest BCUT2D eigenvalue weighted by atomic mass is 10.1. The molecule has 0 aliphatic rings. The number of hydrogen-bond donors (Lipinski definition) is 1. The summed E-state index contributed by atoms with van der Waals surface area (Å²) in [6, 6.07) is 15.5. The number of fused-ring (bicyclic) bond motifs is 1. The Kier molecular flexibility index (Phi) is 5.82. The van der Waals surface area contributed by atoms with Gasteiger partial charge in [-0.2, -0.15) is 5.11 Å². The summed E-state index contributed by atoms with van der Waals surface area (Å²) in [4.78, 5) is 9.17. The Balaban J connectivity index is 1.71. The summed E-state index contributed by atoms with van der Waals surface area (Å²) in [6.07, 6.45) is 1.39. The van der Waals surface area contributed by atoms with Gasteiger partial charge in [0.15, 0.2) is 11.6 Å². The number of ether oxygens (including phenoxy) is 1. The molecule has 0 aliphatic carbocycles. The fourth-order valence-electron chi connectivity index (χ4n) is 2.89. The molecule has 0 atom stereocenters. The molecule has 6 nitrogen and oxygen atoms in total. The molecule has 0 aliphatic heterocycles. The maximum atomic E-state index is 10.8. The van der Waals surface area contributed by atoms with Crippen LogP contribution in [0.2, 0.25) is 0 Å². The number of hydrogen-bond acceptors (Lipinski definition) is 7. The zero-order chi connectivity index (χ0) is 20.2. The van der Waals surface area contributed by atoms with E-state index in [4.69, 9.17) is 4.74 Å². The predicted molar refractivity (Wildman–Crippen MR) is 118 cm³/mol. The zero-order valence-corrected chi connectivity index (χ0v) is 17.9. The number of aromatic hydroxyl groups is 1. The number of benzene rings is 2. The maximum Gasteiger partial charge on any atom is 0.195 e. The third-order valence-corrected chi connectivity index (χ3v) is 5.86. The van der Waals surface area contributed by atoms with Gasteiger partial charge in [-0.15, -0.1) is 16.5 Å². The summed E-state index contributed by atoms with van der Waals surface area (Å²) >= 11 is 4.83. The van der Waals surface area contributed by atoms with Gasteiger partial charge >= 0.3 is 0 Å². The van der Waals surface area contributed by atoms with Crippen LogP contribution >= 0.6 is 27.3 Å². The van der Waals surface area contributed by atoms with Crippen molar-refractivity contribution in [2.24, 2.45) is 10.2 Å². The quantitative estimate of drug-likeness (QED) is 0.327. The molecule has 2 aromatic carbocycles. The molecule has 8 heteroatoms. The third-order valence-electron chi connectivity index (χ3n) is 4.17. The average molecular weight is 469 g/mol. The van der Waals surface area contributed by atoms with Crippen LogP contribution in [0.3, 0.4) is 0 Å². The standard InChI is InChI=1S/C21H17BrN4O2S/c1-2-28-16-9-4-3-8-15(16)19-18(27)17-20(29-19)21(24-12-23-17)26-25-11-13-6-5-7-14(22)10-13/h3-10,12,27H,2,11H2,1H3. The van der Waals surface area contributed by atoms with Gasteiger partial charge in [-0.25, -0.2) is 9.97 Å². The van der Waals surface area contributed by atoms with Crippen LogP contribution in [-0.2, 0) is 6.54 Å². The van der Waals surface area contributed by atoms with Gasteiger partial charge in [0.25, 0.3) is 0 Å². The molecule has 0 spiro atoms. The Morgan fingerprint density at radius 3 is 2.83 bits per heavy atom. The van der Waals surface area contributed by atoms with Crippen LogP contribution in [0, 0.1) is 0 Å². The van der Waals surface area contributed by atoms with Crippen molar-refractivity contribution in [1.29, 1.82) is 0 Å². The van der Waals surface area contributed by atoms with Crippen LogP contribution in [0.25, 0.3) is 20.7 Å². The molecule has 0 radical (unpaired) electrons. The van der Waals surface area contributed by atoms with E-state index < -0.39 is 0 Å². The minimum Gasteiger partial charge on any atom is -0.504 e. The highest BCUT2D eigenvalue weighted by Gasteiger charge is 2.20. The number of para-hydroxylation sites is 1. The van der Waals surface area contributed by atoms with Crippen LogP contribution in [0.1, 0.15) is 12.5 Å². The molecular formula is C21H17BrN4O2S. The molecule has 4 aromatic rings. The van der Waals surface area contributed by atoms with Gasteiger partial charge in [0.05, 0.1) is 18.0 Å². The molecule has 146 valence electrons.